The highest BCUT2D eigenvalue weighted by Crippen LogP contribution is 2.43. The van der Waals surface area contributed by atoms with Gasteiger partial charge >= 0.3 is 0 Å². The molecule has 108 valence electrons. The first-order chi connectivity index (χ1) is 9.50. The van der Waals surface area contributed by atoms with Gasteiger partial charge in [0.25, 0.3) is 0 Å². The molecule has 2 N–H and O–H groups in total. The fourth-order valence-electron chi connectivity index (χ4n) is 3.11. The molecule has 3 nitrogen and oxygen atoms in total. The van der Waals surface area contributed by atoms with Gasteiger partial charge in [-0.05, 0) is 37.7 Å². The van der Waals surface area contributed by atoms with Gasteiger partial charge in [-0.15, -0.1) is 0 Å². The number of fused-ring (bicyclic) bond motifs is 1. The minimum absolute atomic E-state index is 0.00243. The number of halogens is 2. The monoisotopic (exact) mass is 296 g/mol. The second-order valence-corrected chi connectivity index (χ2v) is 6.49. The second kappa shape index (κ2) is 4.92. The predicted molar refractivity (Wildman–Crippen MR) is 78.6 cm³/mol. The van der Waals surface area contributed by atoms with Crippen molar-refractivity contribution in [3.8, 4) is 0 Å². The largest absolute Gasteiger partial charge is 0.382 e. The van der Waals surface area contributed by atoms with Crippen LogP contribution in [0, 0.1) is 17.2 Å². The van der Waals surface area contributed by atoms with Crippen LogP contribution in [0.2, 0.25) is 5.02 Å². The van der Waals surface area contributed by atoms with Crippen molar-refractivity contribution in [1.29, 1.82) is 0 Å². The Bertz CT molecular complexity index is 553. The smallest absolute Gasteiger partial charge is 0.232 e. The highest BCUT2D eigenvalue weighted by atomic mass is 35.5. The first-order valence-corrected chi connectivity index (χ1v) is 7.42. The van der Waals surface area contributed by atoms with Gasteiger partial charge in [-0.2, -0.15) is 0 Å². The van der Waals surface area contributed by atoms with Crippen LogP contribution in [0.5, 0.6) is 0 Å². The second-order valence-electron chi connectivity index (χ2n) is 6.08. The third kappa shape index (κ3) is 2.26. The molecule has 1 aromatic carbocycles. The third-order valence-electron chi connectivity index (χ3n) is 4.64. The normalized spacial score (nSPS) is 29.4. The van der Waals surface area contributed by atoms with Gasteiger partial charge in [-0.25, -0.2) is 4.39 Å². The summed E-state index contributed by atoms with van der Waals surface area (Å²) in [5, 5.41) is 6.20. The first kappa shape index (κ1) is 13.7. The van der Waals surface area contributed by atoms with Crippen molar-refractivity contribution in [3.63, 3.8) is 0 Å². The van der Waals surface area contributed by atoms with Crippen molar-refractivity contribution in [2.75, 3.05) is 17.2 Å². The van der Waals surface area contributed by atoms with E-state index >= 15 is 0 Å². The maximum atomic E-state index is 13.5. The van der Waals surface area contributed by atoms with Gasteiger partial charge in [0.1, 0.15) is 5.82 Å². The SMILES string of the molecule is CC1CCC2(CC1)CNc1cc(Cl)c(F)cc1NC2=O. The van der Waals surface area contributed by atoms with E-state index in [-0.39, 0.29) is 16.3 Å². The molecule has 1 aliphatic carbocycles. The minimum Gasteiger partial charge on any atom is -0.382 e. The molecule has 0 aromatic heterocycles. The van der Waals surface area contributed by atoms with Crippen LogP contribution in [0.4, 0.5) is 15.8 Å². The number of carbonyl (C=O) groups excluding carboxylic acids is 1. The zero-order chi connectivity index (χ0) is 14.3. The lowest BCUT2D eigenvalue weighted by molar-refractivity contribution is -0.126. The van der Waals surface area contributed by atoms with E-state index in [4.69, 9.17) is 11.6 Å². The number of amides is 1. The Morgan fingerprint density at radius 2 is 2.00 bits per heavy atom. The minimum atomic E-state index is -0.513. The molecule has 1 saturated carbocycles. The molecule has 20 heavy (non-hydrogen) atoms. The van der Waals surface area contributed by atoms with Crippen LogP contribution in [-0.2, 0) is 4.79 Å². The molecule has 1 aromatic rings. The molecule has 3 rings (SSSR count). The average Bonchev–Trinajstić information content (AvgIpc) is 2.54. The Morgan fingerprint density at radius 1 is 1.30 bits per heavy atom. The molecular formula is C15H18ClFN2O. The summed E-state index contributed by atoms with van der Waals surface area (Å²) < 4.78 is 13.5. The first-order valence-electron chi connectivity index (χ1n) is 7.04. The quantitative estimate of drug-likeness (QED) is 0.758. The number of hydrogen-bond acceptors (Lipinski definition) is 2. The third-order valence-corrected chi connectivity index (χ3v) is 4.93. The highest BCUT2D eigenvalue weighted by molar-refractivity contribution is 6.31. The molecule has 0 bridgehead atoms. The lowest BCUT2D eigenvalue weighted by Crippen LogP contribution is -2.42. The fourth-order valence-corrected chi connectivity index (χ4v) is 3.28. The molecule has 1 fully saturated rings. The van der Waals surface area contributed by atoms with Gasteiger partial charge in [0, 0.05) is 12.6 Å². The van der Waals surface area contributed by atoms with Crippen molar-refractivity contribution in [2.24, 2.45) is 11.3 Å². The van der Waals surface area contributed by atoms with Gasteiger partial charge in [0.05, 0.1) is 21.8 Å². The molecule has 1 amide bonds. The lowest BCUT2D eigenvalue weighted by atomic mass is 9.70. The van der Waals surface area contributed by atoms with Gasteiger partial charge in [-0.1, -0.05) is 18.5 Å². The van der Waals surface area contributed by atoms with Crippen LogP contribution >= 0.6 is 11.6 Å². The summed E-state index contributed by atoms with van der Waals surface area (Å²) in [4.78, 5) is 12.6. The number of nitrogens with one attached hydrogen (secondary N) is 2. The Kier molecular flexibility index (Phi) is 3.36. The number of carbonyl (C=O) groups is 1. The molecule has 0 saturated heterocycles. The van der Waals surface area contributed by atoms with E-state index in [9.17, 15) is 9.18 Å². The Labute approximate surface area is 122 Å². The summed E-state index contributed by atoms with van der Waals surface area (Å²) in [5.74, 6) is 0.157. The molecule has 1 aliphatic heterocycles. The van der Waals surface area contributed by atoms with Gasteiger partial charge in [0.15, 0.2) is 0 Å². The van der Waals surface area contributed by atoms with Gasteiger partial charge in [0.2, 0.25) is 5.91 Å². The topological polar surface area (TPSA) is 41.1 Å². The van der Waals surface area contributed by atoms with E-state index in [0.717, 1.165) is 25.7 Å². The summed E-state index contributed by atoms with van der Waals surface area (Å²) in [7, 11) is 0. The predicted octanol–water partition coefficient (Wildman–Crippen LogP) is 4.04. The van der Waals surface area contributed by atoms with E-state index in [1.165, 1.54) is 12.1 Å². The van der Waals surface area contributed by atoms with Crippen molar-refractivity contribution in [1.82, 2.24) is 0 Å². The molecule has 0 atom stereocenters. The molecule has 1 heterocycles. The number of benzene rings is 1. The molecule has 5 heteroatoms. The molecule has 0 unspecified atom stereocenters. The highest BCUT2D eigenvalue weighted by Gasteiger charge is 2.42. The van der Waals surface area contributed by atoms with Gasteiger partial charge in [-0.3, -0.25) is 4.79 Å². The van der Waals surface area contributed by atoms with Crippen LogP contribution in [0.3, 0.4) is 0 Å². The maximum Gasteiger partial charge on any atom is 0.232 e. The molecule has 0 radical (unpaired) electrons. The Balaban J connectivity index is 1.90. The van der Waals surface area contributed by atoms with Gasteiger partial charge < -0.3 is 10.6 Å². The summed E-state index contributed by atoms with van der Waals surface area (Å²) in [6.45, 7) is 2.80. The standard InChI is InChI=1S/C15H18ClFN2O/c1-9-2-4-15(5-3-9)8-18-12-6-10(16)11(17)7-13(12)19-14(15)20/h6-7,9,18H,2-5,8H2,1H3,(H,19,20). The molecule has 2 aliphatic rings. The summed E-state index contributed by atoms with van der Waals surface area (Å²) in [5.41, 5.74) is 0.793. The number of anilines is 2. The van der Waals surface area contributed by atoms with Crippen molar-refractivity contribution in [2.45, 2.75) is 32.6 Å². The van der Waals surface area contributed by atoms with Crippen molar-refractivity contribution < 1.29 is 9.18 Å². The van der Waals surface area contributed by atoms with E-state index in [1.807, 2.05) is 0 Å². The van der Waals surface area contributed by atoms with Crippen LogP contribution in [0.15, 0.2) is 12.1 Å². The van der Waals surface area contributed by atoms with Crippen LogP contribution < -0.4 is 10.6 Å². The van der Waals surface area contributed by atoms with Crippen LogP contribution in [0.25, 0.3) is 0 Å². The lowest BCUT2D eigenvalue weighted by Gasteiger charge is -2.36. The van der Waals surface area contributed by atoms with Crippen molar-refractivity contribution in [3.05, 3.63) is 23.0 Å². The summed E-state index contributed by atoms with van der Waals surface area (Å²) in [6, 6.07) is 2.82. The van der Waals surface area contributed by atoms with Crippen LogP contribution in [0.1, 0.15) is 32.6 Å². The zero-order valence-electron chi connectivity index (χ0n) is 11.4. The van der Waals surface area contributed by atoms with Crippen LogP contribution in [-0.4, -0.2) is 12.5 Å². The van der Waals surface area contributed by atoms with Crippen molar-refractivity contribution >= 4 is 28.9 Å². The fraction of sp³-hybridized carbons (Fsp3) is 0.533. The van der Waals surface area contributed by atoms with E-state index in [1.54, 1.807) is 0 Å². The Morgan fingerprint density at radius 3 is 2.70 bits per heavy atom. The zero-order valence-corrected chi connectivity index (χ0v) is 12.2. The summed E-state index contributed by atoms with van der Waals surface area (Å²) in [6.07, 6.45) is 3.86. The summed E-state index contributed by atoms with van der Waals surface area (Å²) >= 11 is 5.80. The van der Waals surface area contributed by atoms with E-state index < -0.39 is 5.82 Å². The van der Waals surface area contributed by atoms with E-state index in [2.05, 4.69) is 17.6 Å². The molecular weight excluding hydrogens is 279 g/mol. The molecule has 1 spiro atoms. The van der Waals surface area contributed by atoms with E-state index in [0.29, 0.717) is 23.8 Å². The average molecular weight is 297 g/mol. The maximum absolute atomic E-state index is 13.5. The Hall–Kier alpha value is -1.29. The number of rotatable bonds is 0. The number of hydrogen-bond donors (Lipinski definition) is 2.